The summed E-state index contributed by atoms with van der Waals surface area (Å²) >= 11 is 6.05. The van der Waals surface area contributed by atoms with Crippen LogP contribution >= 0.6 is 11.6 Å². The second-order valence-electron chi connectivity index (χ2n) is 8.14. The molecule has 33 heavy (non-hydrogen) atoms. The van der Waals surface area contributed by atoms with Crippen LogP contribution in [0.25, 0.3) is 0 Å². The van der Waals surface area contributed by atoms with E-state index >= 15 is 0 Å². The molecular weight excluding hydrogens is 432 g/mol. The third-order valence-electron chi connectivity index (χ3n) is 5.84. The number of benzene rings is 3. The highest BCUT2D eigenvalue weighted by Gasteiger charge is 2.29. The molecular formula is C28H31ClN2O2. The fourth-order valence-electron chi connectivity index (χ4n) is 3.84. The van der Waals surface area contributed by atoms with Crippen molar-refractivity contribution in [2.24, 2.45) is 0 Å². The van der Waals surface area contributed by atoms with Gasteiger partial charge in [0, 0.05) is 31.5 Å². The summed E-state index contributed by atoms with van der Waals surface area (Å²) in [6, 6.07) is 25.0. The van der Waals surface area contributed by atoms with Crippen LogP contribution in [0.4, 0.5) is 0 Å². The zero-order valence-corrected chi connectivity index (χ0v) is 20.0. The Balaban J connectivity index is 1.84. The molecule has 0 spiro atoms. The first-order valence-corrected chi connectivity index (χ1v) is 11.7. The fraction of sp³-hybridized carbons (Fsp3) is 0.286. The highest BCUT2D eigenvalue weighted by atomic mass is 35.5. The molecule has 3 aromatic rings. The second-order valence-corrected chi connectivity index (χ2v) is 8.57. The van der Waals surface area contributed by atoms with Gasteiger partial charge >= 0.3 is 0 Å². The monoisotopic (exact) mass is 462 g/mol. The van der Waals surface area contributed by atoms with Crippen molar-refractivity contribution < 1.29 is 9.59 Å². The molecule has 0 saturated heterocycles. The second kappa shape index (κ2) is 12.2. The van der Waals surface area contributed by atoms with Crippen LogP contribution in [0.2, 0.25) is 5.02 Å². The van der Waals surface area contributed by atoms with E-state index in [1.54, 1.807) is 24.1 Å². The maximum absolute atomic E-state index is 13.5. The summed E-state index contributed by atoms with van der Waals surface area (Å²) in [7, 11) is 1.61. The fourth-order valence-corrected chi connectivity index (χ4v) is 3.97. The van der Waals surface area contributed by atoms with E-state index in [0.717, 1.165) is 23.1 Å². The van der Waals surface area contributed by atoms with Gasteiger partial charge in [-0.25, -0.2) is 0 Å². The van der Waals surface area contributed by atoms with Crippen molar-refractivity contribution in [3.63, 3.8) is 0 Å². The predicted octanol–water partition coefficient (Wildman–Crippen LogP) is 5.22. The van der Waals surface area contributed by atoms with Gasteiger partial charge in [-0.2, -0.15) is 0 Å². The molecule has 4 nitrogen and oxygen atoms in total. The van der Waals surface area contributed by atoms with Gasteiger partial charge in [0.15, 0.2) is 0 Å². The lowest BCUT2D eigenvalue weighted by molar-refractivity contribution is -0.141. The number of carbonyl (C=O) groups excluding carboxylic acids is 2. The van der Waals surface area contributed by atoms with Crippen molar-refractivity contribution >= 4 is 23.4 Å². The topological polar surface area (TPSA) is 49.4 Å². The van der Waals surface area contributed by atoms with Crippen molar-refractivity contribution in [3.05, 3.63) is 106 Å². The maximum atomic E-state index is 13.5. The number of aryl methyl sites for hydroxylation is 2. The summed E-state index contributed by atoms with van der Waals surface area (Å²) in [6.45, 7) is 2.47. The summed E-state index contributed by atoms with van der Waals surface area (Å²) in [4.78, 5) is 28.1. The van der Waals surface area contributed by atoms with Crippen LogP contribution < -0.4 is 5.32 Å². The van der Waals surface area contributed by atoms with Gasteiger partial charge < -0.3 is 10.2 Å². The number of halogens is 1. The molecule has 0 aromatic heterocycles. The largest absolute Gasteiger partial charge is 0.357 e. The Morgan fingerprint density at radius 3 is 2.06 bits per heavy atom. The Kier molecular flexibility index (Phi) is 9.08. The van der Waals surface area contributed by atoms with Crippen molar-refractivity contribution in [1.82, 2.24) is 10.2 Å². The Morgan fingerprint density at radius 2 is 1.45 bits per heavy atom. The lowest BCUT2D eigenvalue weighted by atomic mass is 10.0. The van der Waals surface area contributed by atoms with Crippen molar-refractivity contribution in [2.75, 3.05) is 7.05 Å². The Bertz CT molecular complexity index is 1030. The molecule has 0 bridgehead atoms. The van der Waals surface area contributed by atoms with Crippen LogP contribution in [0.3, 0.4) is 0 Å². The molecule has 0 fully saturated rings. The molecule has 0 aliphatic heterocycles. The van der Waals surface area contributed by atoms with Crippen LogP contribution in [-0.4, -0.2) is 29.8 Å². The quantitative estimate of drug-likeness (QED) is 0.449. The van der Waals surface area contributed by atoms with Crippen LogP contribution in [0, 0.1) is 0 Å². The molecule has 0 heterocycles. The highest BCUT2D eigenvalue weighted by Crippen LogP contribution is 2.18. The van der Waals surface area contributed by atoms with Gasteiger partial charge in [-0.1, -0.05) is 85.3 Å². The van der Waals surface area contributed by atoms with Gasteiger partial charge in [0.1, 0.15) is 6.04 Å². The predicted molar refractivity (Wildman–Crippen MR) is 134 cm³/mol. The molecule has 0 saturated carbocycles. The van der Waals surface area contributed by atoms with Crippen LogP contribution in [0.15, 0.2) is 78.9 Å². The SMILES string of the molecule is CCc1ccc(CCC(=O)N(Cc2ccc(Cl)cc2)[C@@H](Cc2ccccc2)C(=O)NC)cc1. The first-order valence-electron chi connectivity index (χ1n) is 11.4. The van der Waals surface area contributed by atoms with Gasteiger partial charge in [0.05, 0.1) is 0 Å². The summed E-state index contributed by atoms with van der Waals surface area (Å²) in [6.07, 6.45) is 2.40. The first-order chi connectivity index (χ1) is 16.0. The van der Waals surface area contributed by atoms with E-state index in [1.807, 2.05) is 42.5 Å². The van der Waals surface area contributed by atoms with Gasteiger partial charge in [-0.05, 0) is 47.2 Å². The molecule has 5 heteroatoms. The normalized spacial score (nSPS) is 11.6. The molecule has 1 atom stereocenters. The van der Waals surface area contributed by atoms with Gasteiger partial charge in [-0.3, -0.25) is 9.59 Å². The summed E-state index contributed by atoms with van der Waals surface area (Å²) in [5.41, 5.74) is 4.33. The van der Waals surface area contributed by atoms with Gasteiger partial charge in [0.25, 0.3) is 0 Å². The van der Waals surface area contributed by atoms with E-state index in [9.17, 15) is 9.59 Å². The molecule has 0 aliphatic rings. The van der Waals surface area contributed by atoms with Crippen LogP contribution in [-0.2, 0) is 35.4 Å². The summed E-state index contributed by atoms with van der Waals surface area (Å²) < 4.78 is 0. The molecule has 3 rings (SSSR count). The average molecular weight is 463 g/mol. The number of carbonyl (C=O) groups is 2. The van der Waals surface area contributed by atoms with E-state index in [4.69, 9.17) is 11.6 Å². The Morgan fingerprint density at radius 1 is 0.848 bits per heavy atom. The molecule has 0 aliphatic carbocycles. The van der Waals surface area contributed by atoms with Crippen molar-refractivity contribution in [2.45, 2.75) is 45.2 Å². The molecule has 172 valence electrons. The minimum Gasteiger partial charge on any atom is -0.357 e. The average Bonchev–Trinajstić information content (AvgIpc) is 2.86. The number of hydrogen-bond donors (Lipinski definition) is 1. The Labute approximate surface area is 201 Å². The van der Waals surface area contributed by atoms with E-state index in [0.29, 0.717) is 30.8 Å². The van der Waals surface area contributed by atoms with Crippen LogP contribution in [0.5, 0.6) is 0 Å². The maximum Gasteiger partial charge on any atom is 0.242 e. The lowest BCUT2D eigenvalue weighted by Gasteiger charge is -2.31. The lowest BCUT2D eigenvalue weighted by Crippen LogP contribution is -2.49. The van der Waals surface area contributed by atoms with Crippen LogP contribution in [0.1, 0.15) is 35.6 Å². The molecule has 0 unspecified atom stereocenters. The minimum absolute atomic E-state index is 0.0472. The smallest absolute Gasteiger partial charge is 0.242 e. The Hall–Kier alpha value is -3.11. The standard InChI is InChI=1S/C28H31ClN2O2/c1-3-21-9-11-22(12-10-21)15-18-27(32)31(20-24-13-16-25(29)17-14-24)26(28(33)30-2)19-23-7-5-4-6-8-23/h4-14,16-17,26H,3,15,18-20H2,1-2H3,(H,30,33)/t26-/m0/s1. The van der Waals surface area contributed by atoms with E-state index in [2.05, 4.69) is 36.5 Å². The van der Waals surface area contributed by atoms with E-state index < -0.39 is 6.04 Å². The number of rotatable bonds is 10. The van der Waals surface area contributed by atoms with Crippen molar-refractivity contribution in [1.29, 1.82) is 0 Å². The number of nitrogens with one attached hydrogen (secondary N) is 1. The molecule has 3 aromatic carbocycles. The van der Waals surface area contributed by atoms with E-state index in [1.165, 1.54) is 5.56 Å². The van der Waals surface area contributed by atoms with E-state index in [-0.39, 0.29) is 11.8 Å². The number of nitrogens with zero attached hydrogens (tertiary/aromatic N) is 1. The third-order valence-corrected chi connectivity index (χ3v) is 6.09. The number of amides is 2. The molecule has 2 amide bonds. The zero-order valence-electron chi connectivity index (χ0n) is 19.3. The summed E-state index contributed by atoms with van der Waals surface area (Å²) in [5, 5.41) is 3.39. The number of likely N-dealkylation sites (N-methyl/N-ethyl adjacent to an activating group) is 1. The van der Waals surface area contributed by atoms with Crippen molar-refractivity contribution in [3.8, 4) is 0 Å². The first kappa shape index (κ1) is 24.5. The van der Waals surface area contributed by atoms with Gasteiger partial charge in [-0.15, -0.1) is 0 Å². The van der Waals surface area contributed by atoms with Gasteiger partial charge in [0.2, 0.25) is 11.8 Å². The summed E-state index contributed by atoms with van der Waals surface area (Å²) in [5.74, 6) is -0.220. The molecule has 0 radical (unpaired) electrons. The third kappa shape index (κ3) is 7.19. The minimum atomic E-state index is -0.608. The zero-order chi connectivity index (χ0) is 23.6. The number of hydrogen-bond acceptors (Lipinski definition) is 2. The highest BCUT2D eigenvalue weighted by molar-refractivity contribution is 6.30. The molecule has 1 N–H and O–H groups in total.